The minimum Gasteiger partial charge on any atom is -0.364 e. The van der Waals surface area contributed by atoms with Crippen molar-refractivity contribution in [2.45, 2.75) is 6.67 Å². The van der Waals surface area contributed by atoms with E-state index in [1.54, 1.807) is 0 Å². The number of imidazole rings is 1. The molecule has 0 saturated carbocycles. The molecule has 0 spiro atoms. The summed E-state index contributed by atoms with van der Waals surface area (Å²) < 4.78 is 1.38. The molecule has 2 aromatic rings. The van der Waals surface area contributed by atoms with Crippen LogP contribution in [0.4, 0.5) is 0 Å². The van der Waals surface area contributed by atoms with Gasteiger partial charge < -0.3 is 5.73 Å². The third kappa shape index (κ3) is 1.68. The number of nitro groups is 1. The van der Waals surface area contributed by atoms with E-state index in [1.165, 1.54) is 0 Å². The third-order valence-corrected chi connectivity index (χ3v) is 1.90. The molecule has 0 aliphatic heterocycles. The zero-order chi connectivity index (χ0) is 12.6. The van der Waals surface area contributed by atoms with Crippen LogP contribution in [-0.4, -0.2) is 35.2 Å². The molecule has 11 nitrogen and oxygen atoms in total. The maximum absolute atomic E-state index is 11.6. The van der Waals surface area contributed by atoms with Gasteiger partial charge in [0.1, 0.15) is 6.33 Å². The molecule has 0 radical (unpaired) electrons. The van der Waals surface area contributed by atoms with Gasteiger partial charge in [-0.1, -0.05) is 5.21 Å². The Labute approximate surface area is 91.6 Å². The Morgan fingerprint density at radius 1 is 1.59 bits per heavy atom. The van der Waals surface area contributed by atoms with E-state index in [1.807, 2.05) is 0 Å². The first-order valence-corrected chi connectivity index (χ1v) is 4.23. The zero-order valence-electron chi connectivity index (χ0n) is 8.18. The van der Waals surface area contributed by atoms with E-state index < -0.39 is 23.2 Å². The first-order chi connectivity index (χ1) is 8.00. The van der Waals surface area contributed by atoms with Crippen molar-refractivity contribution >= 4 is 11.6 Å². The highest BCUT2D eigenvalue weighted by Gasteiger charge is 2.16. The van der Waals surface area contributed by atoms with E-state index in [9.17, 15) is 19.7 Å². The van der Waals surface area contributed by atoms with E-state index in [0.29, 0.717) is 4.68 Å². The number of rotatable bonds is 3. The normalized spacial score (nSPS) is 10.6. The molecule has 88 valence electrons. The average Bonchev–Trinajstić information content (AvgIpc) is 2.66. The highest BCUT2D eigenvalue weighted by molar-refractivity contribution is 5.96. The topological polar surface area (TPSA) is 151 Å². The monoisotopic (exact) mass is 239 g/mol. The van der Waals surface area contributed by atoms with Crippen molar-refractivity contribution in [2.24, 2.45) is 5.73 Å². The minimum atomic E-state index is -0.867. The lowest BCUT2D eigenvalue weighted by atomic mass is 10.4. The van der Waals surface area contributed by atoms with Crippen molar-refractivity contribution in [3.8, 4) is 0 Å². The van der Waals surface area contributed by atoms with Crippen LogP contribution in [-0.2, 0) is 6.67 Å². The smallest absolute Gasteiger partial charge is 0.358 e. The van der Waals surface area contributed by atoms with Crippen LogP contribution in [0.2, 0.25) is 0 Å². The Hall–Kier alpha value is -2.85. The number of nitrogens with two attached hydrogens (primary N) is 1. The summed E-state index contributed by atoms with van der Waals surface area (Å²) >= 11 is 0. The molecule has 0 fully saturated rings. The lowest BCUT2D eigenvalue weighted by molar-refractivity contribution is -0.516. The van der Waals surface area contributed by atoms with Gasteiger partial charge in [-0.05, 0) is 0 Å². The fourth-order valence-corrected chi connectivity index (χ4v) is 1.21. The molecule has 0 bridgehead atoms. The van der Waals surface area contributed by atoms with Gasteiger partial charge in [0.15, 0.2) is 11.3 Å². The van der Waals surface area contributed by atoms with Gasteiger partial charge in [-0.3, -0.25) is 14.9 Å². The first-order valence-electron chi connectivity index (χ1n) is 4.23. The molecule has 0 saturated heterocycles. The van der Waals surface area contributed by atoms with Gasteiger partial charge in [0, 0.05) is 4.92 Å². The molecular formula is C6H5N7O4. The molecule has 0 aromatic carbocycles. The Morgan fingerprint density at radius 2 is 2.29 bits per heavy atom. The van der Waals surface area contributed by atoms with Crippen molar-refractivity contribution in [3.63, 3.8) is 0 Å². The number of nitrogens with zero attached hydrogens (tertiary/aromatic N) is 6. The summed E-state index contributed by atoms with van der Waals surface area (Å²) in [6, 6.07) is 0. The Kier molecular flexibility index (Phi) is 2.27. The van der Waals surface area contributed by atoms with Crippen LogP contribution in [0, 0.1) is 10.1 Å². The van der Waals surface area contributed by atoms with E-state index in [2.05, 4.69) is 15.3 Å². The maximum atomic E-state index is 11.6. The summed E-state index contributed by atoms with van der Waals surface area (Å²) in [5, 5.41) is 17.0. The number of aromatic nitrogens is 5. The fraction of sp³-hybridized carbons (Fsp3) is 0.167. The molecule has 0 unspecified atom stereocenters. The van der Waals surface area contributed by atoms with Crippen LogP contribution in [0.25, 0.3) is 5.65 Å². The SMILES string of the molecule is NC(=O)c1ncn2c(=O)n(C[N+](=O)[O-])nnc12. The highest BCUT2D eigenvalue weighted by atomic mass is 16.6. The van der Waals surface area contributed by atoms with Gasteiger partial charge >= 0.3 is 12.4 Å². The largest absolute Gasteiger partial charge is 0.364 e. The lowest BCUT2D eigenvalue weighted by Gasteiger charge is -1.97. The van der Waals surface area contributed by atoms with E-state index >= 15 is 0 Å². The van der Waals surface area contributed by atoms with Gasteiger partial charge in [0.2, 0.25) is 0 Å². The molecule has 2 heterocycles. The fourth-order valence-electron chi connectivity index (χ4n) is 1.21. The Bertz CT molecular complexity index is 671. The summed E-state index contributed by atoms with van der Waals surface area (Å²) in [5.41, 5.74) is 3.81. The van der Waals surface area contributed by atoms with Gasteiger partial charge in [-0.15, -0.1) is 9.78 Å². The average molecular weight is 239 g/mol. The predicted octanol–water partition coefficient (Wildman–Crippen LogP) is -2.38. The number of carbonyl (C=O) groups is 1. The van der Waals surface area contributed by atoms with Gasteiger partial charge in [0.05, 0.1) is 0 Å². The molecule has 2 N–H and O–H groups in total. The van der Waals surface area contributed by atoms with Crippen LogP contribution in [0.3, 0.4) is 0 Å². The lowest BCUT2D eigenvalue weighted by Crippen LogP contribution is -2.32. The second-order valence-electron chi connectivity index (χ2n) is 3.00. The second kappa shape index (κ2) is 3.62. The van der Waals surface area contributed by atoms with Gasteiger partial charge in [-0.25, -0.2) is 14.2 Å². The van der Waals surface area contributed by atoms with Gasteiger partial charge in [0.25, 0.3) is 5.91 Å². The molecule has 2 aromatic heterocycles. The molecular weight excluding hydrogens is 234 g/mol. The summed E-state index contributed by atoms with van der Waals surface area (Å²) in [7, 11) is 0. The predicted molar refractivity (Wildman–Crippen MR) is 50.6 cm³/mol. The molecule has 0 aliphatic rings. The van der Waals surface area contributed by atoms with Crippen LogP contribution in [0.1, 0.15) is 10.5 Å². The highest BCUT2D eigenvalue weighted by Crippen LogP contribution is 2.00. The van der Waals surface area contributed by atoms with E-state index in [-0.39, 0.29) is 11.3 Å². The summed E-state index contributed by atoms with van der Waals surface area (Å²) in [4.78, 5) is 35.6. The van der Waals surface area contributed by atoms with Gasteiger partial charge in [-0.2, -0.15) is 0 Å². The van der Waals surface area contributed by atoms with Crippen LogP contribution >= 0.6 is 0 Å². The molecule has 11 heteroatoms. The Morgan fingerprint density at radius 3 is 2.88 bits per heavy atom. The second-order valence-corrected chi connectivity index (χ2v) is 3.00. The van der Waals surface area contributed by atoms with E-state index in [0.717, 1.165) is 10.7 Å². The van der Waals surface area contributed by atoms with Crippen LogP contribution in [0.5, 0.6) is 0 Å². The third-order valence-electron chi connectivity index (χ3n) is 1.90. The number of hydrogen-bond donors (Lipinski definition) is 1. The first kappa shape index (κ1) is 10.7. The number of amides is 1. The number of fused-ring (bicyclic) bond motifs is 1. The zero-order valence-corrected chi connectivity index (χ0v) is 8.18. The molecule has 17 heavy (non-hydrogen) atoms. The maximum Gasteiger partial charge on any atom is 0.358 e. The summed E-state index contributed by atoms with van der Waals surface area (Å²) in [5.74, 6) is -0.867. The number of primary amides is 1. The number of hydrogen-bond acceptors (Lipinski definition) is 7. The molecule has 2 rings (SSSR count). The minimum absolute atomic E-state index is 0.137. The van der Waals surface area contributed by atoms with Crippen molar-refractivity contribution in [1.29, 1.82) is 0 Å². The van der Waals surface area contributed by atoms with Crippen molar-refractivity contribution in [3.05, 3.63) is 32.6 Å². The standard InChI is InChI=1S/C6H5N7O4/c7-4(14)3-5-9-10-12(2-13(16)17)6(15)11(5)1-8-3/h1H,2H2,(H2,7,14). The quantitative estimate of drug-likeness (QED) is 0.463. The van der Waals surface area contributed by atoms with Crippen LogP contribution in [0.15, 0.2) is 11.1 Å². The summed E-state index contributed by atoms with van der Waals surface area (Å²) in [6.07, 6.45) is 1.00. The van der Waals surface area contributed by atoms with E-state index in [4.69, 9.17) is 5.73 Å². The Balaban J connectivity index is 2.66. The molecule has 0 atom stereocenters. The molecule has 0 aliphatic carbocycles. The number of carbonyl (C=O) groups excluding carboxylic acids is 1. The van der Waals surface area contributed by atoms with Crippen molar-refractivity contribution in [2.75, 3.05) is 0 Å². The van der Waals surface area contributed by atoms with Crippen molar-refractivity contribution in [1.82, 2.24) is 24.4 Å². The molecule has 1 amide bonds. The van der Waals surface area contributed by atoms with Crippen LogP contribution < -0.4 is 11.4 Å². The summed E-state index contributed by atoms with van der Waals surface area (Å²) in [6.45, 7) is -0.828. The van der Waals surface area contributed by atoms with Crippen molar-refractivity contribution < 1.29 is 9.72 Å².